The summed E-state index contributed by atoms with van der Waals surface area (Å²) in [6, 6.07) is 12.5. The first kappa shape index (κ1) is 20.9. The second kappa shape index (κ2) is 8.25. The zero-order chi connectivity index (χ0) is 23.2. The van der Waals surface area contributed by atoms with Crippen molar-refractivity contribution in [1.82, 2.24) is 9.97 Å². The van der Waals surface area contributed by atoms with Gasteiger partial charge in [-0.3, -0.25) is 4.79 Å². The van der Waals surface area contributed by atoms with E-state index in [0.717, 1.165) is 69.6 Å². The Kier molecular flexibility index (Phi) is 5.07. The van der Waals surface area contributed by atoms with E-state index in [0.29, 0.717) is 19.6 Å². The van der Waals surface area contributed by atoms with Crippen molar-refractivity contribution in [2.24, 2.45) is 0 Å². The Morgan fingerprint density at radius 2 is 1.94 bits per heavy atom. The van der Waals surface area contributed by atoms with E-state index in [4.69, 9.17) is 19.4 Å². The predicted molar refractivity (Wildman–Crippen MR) is 131 cm³/mol. The number of benzene rings is 2. The molecule has 1 atom stereocenters. The lowest BCUT2D eigenvalue weighted by molar-refractivity contribution is -0.115. The Hall–Kier alpha value is -3.71. The smallest absolute Gasteiger partial charge is 0.228 e. The molecule has 2 aliphatic heterocycles. The number of carbonyl (C=O) groups excluding carboxylic acids is 1. The molecule has 6 rings (SSSR count). The number of aryl methyl sites for hydroxylation is 1. The summed E-state index contributed by atoms with van der Waals surface area (Å²) in [6.07, 6.45) is 5.39. The van der Waals surface area contributed by atoms with E-state index >= 15 is 0 Å². The first-order valence-corrected chi connectivity index (χ1v) is 11.6. The highest BCUT2D eigenvalue weighted by molar-refractivity contribution is 5.99. The summed E-state index contributed by atoms with van der Waals surface area (Å²) in [5.41, 5.74) is 7.36. The summed E-state index contributed by atoms with van der Waals surface area (Å²) < 4.78 is 11.6. The van der Waals surface area contributed by atoms with Crippen LogP contribution in [-0.4, -0.2) is 42.2 Å². The topological polar surface area (TPSA) is 76.6 Å². The molecule has 7 heteroatoms. The SMILES string of the molecule is COC1C=Cc2c(nc(C)nc2N2CCOc3ccc(-c4ccc5c(c4)CC(=O)N5)cc3C2)C1. The molecule has 1 amide bonds. The van der Waals surface area contributed by atoms with Crippen molar-refractivity contribution in [3.63, 3.8) is 0 Å². The van der Waals surface area contributed by atoms with Crippen LogP contribution >= 0.6 is 0 Å². The van der Waals surface area contributed by atoms with Gasteiger partial charge in [-0.2, -0.15) is 0 Å². The van der Waals surface area contributed by atoms with Gasteiger partial charge >= 0.3 is 0 Å². The Labute approximate surface area is 198 Å². The van der Waals surface area contributed by atoms with Gasteiger partial charge in [0.2, 0.25) is 5.91 Å². The fourth-order valence-corrected chi connectivity index (χ4v) is 4.98. The summed E-state index contributed by atoms with van der Waals surface area (Å²) in [5, 5.41) is 2.90. The van der Waals surface area contributed by atoms with Gasteiger partial charge in [0.1, 0.15) is 24.0 Å². The second-order valence-electron chi connectivity index (χ2n) is 8.98. The van der Waals surface area contributed by atoms with E-state index < -0.39 is 0 Å². The molecule has 2 aromatic carbocycles. The van der Waals surface area contributed by atoms with Crippen LogP contribution in [0.3, 0.4) is 0 Å². The van der Waals surface area contributed by atoms with Gasteiger partial charge in [0.25, 0.3) is 0 Å². The van der Waals surface area contributed by atoms with E-state index in [9.17, 15) is 4.79 Å². The summed E-state index contributed by atoms with van der Waals surface area (Å²) in [5.74, 6) is 2.66. The van der Waals surface area contributed by atoms with Gasteiger partial charge in [0.15, 0.2) is 0 Å². The first-order valence-electron chi connectivity index (χ1n) is 11.6. The van der Waals surface area contributed by atoms with Crippen LogP contribution in [0.5, 0.6) is 5.75 Å². The van der Waals surface area contributed by atoms with Crippen molar-refractivity contribution in [3.05, 3.63) is 70.7 Å². The quantitative estimate of drug-likeness (QED) is 0.646. The lowest BCUT2D eigenvalue weighted by Gasteiger charge is -2.27. The number of anilines is 2. The minimum absolute atomic E-state index is 0.0446. The number of aromatic nitrogens is 2. The highest BCUT2D eigenvalue weighted by atomic mass is 16.5. The van der Waals surface area contributed by atoms with Crippen molar-refractivity contribution < 1.29 is 14.3 Å². The van der Waals surface area contributed by atoms with E-state index in [-0.39, 0.29) is 12.0 Å². The molecule has 1 aliphatic carbocycles. The van der Waals surface area contributed by atoms with Gasteiger partial charge in [0.05, 0.1) is 24.8 Å². The average Bonchev–Trinajstić information content (AvgIpc) is 3.08. The molecule has 3 heterocycles. The average molecular weight is 455 g/mol. The van der Waals surface area contributed by atoms with Crippen LogP contribution in [0.2, 0.25) is 0 Å². The van der Waals surface area contributed by atoms with Gasteiger partial charge in [-0.1, -0.05) is 24.3 Å². The predicted octanol–water partition coefficient (Wildman–Crippen LogP) is 3.93. The molecule has 0 fully saturated rings. The molecule has 3 aromatic rings. The molecule has 3 aliphatic rings. The van der Waals surface area contributed by atoms with Gasteiger partial charge < -0.3 is 19.7 Å². The van der Waals surface area contributed by atoms with Crippen molar-refractivity contribution >= 4 is 23.5 Å². The molecule has 0 bridgehead atoms. The molecule has 0 saturated heterocycles. The highest BCUT2D eigenvalue weighted by Crippen LogP contribution is 2.35. The first-order chi connectivity index (χ1) is 16.6. The van der Waals surface area contributed by atoms with Crippen LogP contribution < -0.4 is 15.0 Å². The maximum Gasteiger partial charge on any atom is 0.228 e. The van der Waals surface area contributed by atoms with Crippen molar-refractivity contribution in [1.29, 1.82) is 0 Å². The van der Waals surface area contributed by atoms with Gasteiger partial charge in [0, 0.05) is 36.9 Å². The molecule has 0 spiro atoms. The van der Waals surface area contributed by atoms with Crippen LogP contribution in [0, 0.1) is 6.92 Å². The third kappa shape index (κ3) is 3.72. The number of methoxy groups -OCH3 is 1. The van der Waals surface area contributed by atoms with Crippen LogP contribution in [0.1, 0.15) is 28.2 Å². The van der Waals surface area contributed by atoms with Crippen molar-refractivity contribution in [2.75, 3.05) is 30.5 Å². The zero-order valence-electron chi connectivity index (χ0n) is 19.3. The van der Waals surface area contributed by atoms with Crippen LogP contribution in [-0.2, 0) is 28.9 Å². The fourth-order valence-electron chi connectivity index (χ4n) is 4.98. The number of hydrogen-bond donors (Lipinski definition) is 1. The Bertz CT molecular complexity index is 1330. The fraction of sp³-hybridized carbons (Fsp3) is 0.296. The van der Waals surface area contributed by atoms with Crippen LogP contribution in [0.15, 0.2) is 42.5 Å². The van der Waals surface area contributed by atoms with E-state index in [2.05, 4.69) is 52.7 Å². The Morgan fingerprint density at radius 1 is 1.12 bits per heavy atom. The number of nitrogens with one attached hydrogen (secondary N) is 1. The van der Waals surface area contributed by atoms with E-state index in [1.165, 1.54) is 0 Å². The molecule has 0 saturated carbocycles. The Morgan fingerprint density at radius 3 is 2.79 bits per heavy atom. The standard InChI is InChI=1S/C27H26N4O3/c1-16-28-24-14-21(33-2)5-6-22(24)27(29-16)31-9-10-34-25-8-4-18(12-20(25)15-31)17-3-7-23-19(11-17)13-26(32)30-23/h3-8,11-12,21H,9-10,13-15H2,1-2H3,(H,30,32). The Balaban J connectivity index is 1.35. The number of ether oxygens (including phenoxy) is 2. The van der Waals surface area contributed by atoms with Crippen LogP contribution in [0.25, 0.3) is 17.2 Å². The van der Waals surface area contributed by atoms with Crippen LogP contribution in [0.4, 0.5) is 11.5 Å². The lowest BCUT2D eigenvalue weighted by atomic mass is 9.98. The van der Waals surface area contributed by atoms with Crippen molar-refractivity contribution in [3.8, 4) is 16.9 Å². The molecule has 7 nitrogen and oxygen atoms in total. The monoisotopic (exact) mass is 454 g/mol. The highest BCUT2D eigenvalue weighted by Gasteiger charge is 2.25. The number of carbonyl (C=O) groups is 1. The molecule has 34 heavy (non-hydrogen) atoms. The van der Waals surface area contributed by atoms with E-state index in [1.54, 1.807) is 7.11 Å². The largest absolute Gasteiger partial charge is 0.491 e. The normalized spacial score (nSPS) is 18.5. The maximum absolute atomic E-state index is 11.8. The molecular weight excluding hydrogens is 428 g/mol. The summed E-state index contributed by atoms with van der Waals surface area (Å²) in [7, 11) is 1.73. The molecule has 1 unspecified atom stereocenters. The minimum Gasteiger partial charge on any atom is -0.491 e. The maximum atomic E-state index is 11.8. The van der Waals surface area contributed by atoms with E-state index in [1.807, 2.05) is 13.0 Å². The van der Waals surface area contributed by atoms with Gasteiger partial charge in [-0.15, -0.1) is 0 Å². The molecular formula is C27H26N4O3. The third-order valence-corrected chi connectivity index (χ3v) is 6.69. The molecule has 172 valence electrons. The summed E-state index contributed by atoms with van der Waals surface area (Å²) in [4.78, 5) is 23.6. The zero-order valence-corrected chi connectivity index (χ0v) is 19.3. The van der Waals surface area contributed by atoms with Crippen molar-refractivity contribution in [2.45, 2.75) is 32.4 Å². The number of rotatable bonds is 3. The summed E-state index contributed by atoms with van der Waals surface area (Å²) >= 11 is 0. The third-order valence-electron chi connectivity index (χ3n) is 6.69. The molecule has 1 aromatic heterocycles. The lowest BCUT2D eigenvalue weighted by Crippen LogP contribution is -2.29. The number of amides is 1. The molecule has 0 radical (unpaired) electrons. The number of fused-ring (bicyclic) bond motifs is 3. The number of hydrogen-bond acceptors (Lipinski definition) is 6. The molecule has 1 N–H and O–H groups in total. The van der Waals surface area contributed by atoms with Gasteiger partial charge in [-0.05, 0) is 47.9 Å². The second-order valence-corrected chi connectivity index (χ2v) is 8.98. The summed E-state index contributed by atoms with van der Waals surface area (Å²) in [6.45, 7) is 3.96. The minimum atomic E-state index is 0.0446. The van der Waals surface area contributed by atoms with Gasteiger partial charge in [-0.25, -0.2) is 9.97 Å². The number of nitrogens with zero attached hydrogens (tertiary/aromatic N) is 3.